The summed E-state index contributed by atoms with van der Waals surface area (Å²) in [5, 5.41) is 0. The number of nitrogen functional groups attached to an aromatic ring is 2. The molecule has 2 rings (SSSR count). The average Bonchev–Trinajstić information content (AvgIpc) is 2.48. The van der Waals surface area contributed by atoms with E-state index in [0.717, 1.165) is 5.69 Å². The lowest BCUT2D eigenvalue weighted by molar-refractivity contribution is 0.0953. The zero-order valence-electron chi connectivity index (χ0n) is 10.5. The Morgan fingerprint density at radius 1 is 1.35 bits per heavy atom. The van der Waals surface area contributed by atoms with Gasteiger partial charge in [0.2, 0.25) is 0 Å². The zero-order valence-corrected chi connectivity index (χ0v) is 11.3. The predicted molar refractivity (Wildman–Crippen MR) is 76.3 cm³/mol. The summed E-state index contributed by atoms with van der Waals surface area (Å²) in [5.74, 6) is 4.83. The minimum Gasteiger partial charge on any atom is -0.398 e. The lowest BCUT2D eigenvalue weighted by atomic mass is 10.2. The van der Waals surface area contributed by atoms with Crippen molar-refractivity contribution in [3.63, 3.8) is 0 Å². The maximum atomic E-state index is 13.1. The Labute approximate surface area is 119 Å². The van der Waals surface area contributed by atoms with Gasteiger partial charge in [0.05, 0.1) is 11.3 Å². The molecule has 0 atom stereocenters. The molecule has 20 heavy (non-hydrogen) atoms. The Morgan fingerprint density at radius 3 is 2.80 bits per heavy atom. The summed E-state index contributed by atoms with van der Waals surface area (Å²) in [5.41, 5.74) is 9.45. The molecule has 0 saturated carbocycles. The molecule has 0 fully saturated rings. The lowest BCUT2D eigenvalue weighted by Crippen LogP contribution is -2.30. The molecule has 104 valence electrons. The van der Waals surface area contributed by atoms with Gasteiger partial charge in [0.25, 0.3) is 5.91 Å². The molecule has 0 radical (unpaired) electrons. The van der Waals surface area contributed by atoms with Crippen LogP contribution in [0.5, 0.6) is 0 Å². The fraction of sp³-hybridized carbons (Fsp3) is 0.0769. The Bertz CT molecular complexity index is 618. The van der Waals surface area contributed by atoms with E-state index >= 15 is 0 Å². The van der Waals surface area contributed by atoms with Gasteiger partial charge in [-0.2, -0.15) is 0 Å². The number of rotatable bonds is 4. The third-order valence-electron chi connectivity index (χ3n) is 2.57. The summed E-state index contributed by atoms with van der Waals surface area (Å²) in [4.78, 5) is 16.1. The van der Waals surface area contributed by atoms with Crippen molar-refractivity contribution in [2.45, 2.75) is 10.6 Å². The Morgan fingerprint density at radius 2 is 2.15 bits per heavy atom. The van der Waals surface area contributed by atoms with Crippen LogP contribution in [0, 0.1) is 5.82 Å². The molecule has 1 aromatic heterocycles. The van der Waals surface area contributed by atoms with Crippen LogP contribution >= 0.6 is 11.8 Å². The summed E-state index contributed by atoms with van der Waals surface area (Å²) in [6, 6.07) is 7.57. The average molecular weight is 292 g/mol. The number of halogens is 1. The van der Waals surface area contributed by atoms with Crippen LogP contribution in [-0.4, -0.2) is 10.9 Å². The van der Waals surface area contributed by atoms with Gasteiger partial charge < -0.3 is 5.73 Å². The van der Waals surface area contributed by atoms with Gasteiger partial charge in [0, 0.05) is 22.5 Å². The molecule has 5 N–H and O–H groups in total. The van der Waals surface area contributed by atoms with Crippen LogP contribution in [0.25, 0.3) is 0 Å². The molecule has 0 aliphatic heterocycles. The van der Waals surface area contributed by atoms with E-state index in [1.54, 1.807) is 12.1 Å². The van der Waals surface area contributed by atoms with Crippen LogP contribution in [0.2, 0.25) is 0 Å². The Hall–Kier alpha value is -2.12. The van der Waals surface area contributed by atoms with E-state index < -0.39 is 5.91 Å². The third-order valence-corrected chi connectivity index (χ3v) is 3.67. The van der Waals surface area contributed by atoms with Gasteiger partial charge in [-0.25, -0.2) is 10.2 Å². The van der Waals surface area contributed by atoms with Crippen molar-refractivity contribution in [3.8, 4) is 0 Å². The number of hydrogen-bond acceptors (Lipinski definition) is 5. The van der Waals surface area contributed by atoms with Crippen molar-refractivity contribution in [2.24, 2.45) is 5.84 Å². The fourth-order valence-electron chi connectivity index (χ4n) is 1.51. The van der Waals surface area contributed by atoms with Crippen molar-refractivity contribution in [1.82, 2.24) is 10.4 Å². The minimum atomic E-state index is -0.397. The molecule has 0 unspecified atom stereocenters. The van der Waals surface area contributed by atoms with Gasteiger partial charge in [-0.15, -0.1) is 11.8 Å². The highest BCUT2D eigenvalue weighted by Crippen LogP contribution is 2.28. The van der Waals surface area contributed by atoms with Crippen LogP contribution < -0.4 is 17.0 Å². The van der Waals surface area contributed by atoms with E-state index in [-0.39, 0.29) is 5.82 Å². The number of carbonyl (C=O) groups excluding carboxylic acids is 1. The van der Waals surface area contributed by atoms with Crippen LogP contribution in [0.3, 0.4) is 0 Å². The molecule has 7 heteroatoms. The number of nitrogens with two attached hydrogens (primary N) is 2. The highest BCUT2D eigenvalue weighted by Gasteiger charge is 2.06. The van der Waals surface area contributed by atoms with Crippen LogP contribution in [0.1, 0.15) is 16.1 Å². The van der Waals surface area contributed by atoms with Crippen molar-refractivity contribution >= 4 is 23.4 Å². The van der Waals surface area contributed by atoms with E-state index in [1.165, 1.54) is 36.2 Å². The van der Waals surface area contributed by atoms with Gasteiger partial charge in [0.1, 0.15) is 5.82 Å². The first kappa shape index (κ1) is 14.3. The standard InChI is InChI=1S/C13H13FN4OS/c14-9-2-4-11(15)12(5-9)20-7-10-3-1-8(6-17-10)13(19)18-16/h1-6H,7,15-16H2,(H,18,19). The van der Waals surface area contributed by atoms with Gasteiger partial charge in [-0.05, 0) is 30.3 Å². The number of carbonyl (C=O) groups is 1. The molecular formula is C13H13FN4OS. The predicted octanol–water partition coefficient (Wildman–Crippen LogP) is 1.70. The number of nitrogens with one attached hydrogen (secondary N) is 1. The Kier molecular flexibility index (Phi) is 4.54. The molecule has 0 saturated heterocycles. The van der Waals surface area contributed by atoms with Gasteiger partial charge in [0.15, 0.2) is 0 Å². The first-order valence-electron chi connectivity index (χ1n) is 5.74. The van der Waals surface area contributed by atoms with E-state index in [4.69, 9.17) is 11.6 Å². The van der Waals surface area contributed by atoms with Gasteiger partial charge >= 0.3 is 0 Å². The molecule has 0 aliphatic rings. The molecule has 5 nitrogen and oxygen atoms in total. The number of aromatic nitrogens is 1. The van der Waals surface area contributed by atoms with Gasteiger partial charge in [-0.1, -0.05) is 0 Å². The third kappa shape index (κ3) is 3.46. The molecule has 0 spiro atoms. The topological polar surface area (TPSA) is 94.0 Å². The fourth-order valence-corrected chi connectivity index (χ4v) is 2.42. The van der Waals surface area contributed by atoms with Gasteiger partial charge in [-0.3, -0.25) is 15.2 Å². The van der Waals surface area contributed by atoms with Crippen LogP contribution in [0.4, 0.5) is 10.1 Å². The van der Waals surface area contributed by atoms with Crippen LogP contribution in [-0.2, 0) is 5.75 Å². The smallest absolute Gasteiger partial charge is 0.266 e. The highest BCUT2D eigenvalue weighted by molar-refractivity contribution is 7.98. The molecule has 1 amide bonds. The molecule has 1 heterocycles. The number of benzene rings is 1. The highest BCUT2D eigenvalue weighted by atomic mass is 32.2. The summed E-state index contributed by atoms with van der Waals surface area (Å²) >= 11 is 1.38. The first-order chi connectivity index (χ1) is 9.60. The van der Waals surface area contributed by atoms with Crippen molar-refractivity contribution in [3.05, 3.63) is 53.6 Å². The maximum Gasteiger partial charge on any atom is 0.266 e. The number of hydrogen-bond donors (Lipinski definition) is 3. The first-order valence-corrected chi connectivity index (χ1v) is 6.72. The van der Waals surface area contributed by atoms with E-state index in [9.17, 15) is 9.18 Å². The zero-order chi connectivity index (χ0) is 14.5. The minimum absolute atomic E-state index is 0.329. The largest absolute Gasteiger partial charge is 0.398 e. The molecule has 0 bridgehead atoms. The number of thioether (sulfide) groups is 1. The van der Waals surface area contributed by atoms with Crippen molar-refractivity contribution in [2.75, 3.05) is 5.73 Å². The summed E-state index contributed by atoms with van der Waals surface area (Å²) < 4.78 is 13.1. The van der Waals surface area contributed by atoms with E-state index in [0.29, 0.717) is 21.9 Å². The molecule has 2 aromatic rings. The molecule has 0 aliphatic carbocycles. The summed E-state index contributed by atoms with van der Waals surface area (Å²) in [6.07, 6.45) is 1.44. The van der Waals surface area contributed by atoms with Crippen molar-refractivity contribution in [1.29, 1.82) is 0 Å². The molecule has 1 aromatic carbocycles. The number of anilines is 1. The van der Waals surface area contributed by atoms with E-state index in [2.05, 4.69) is 4.98 Å². The quantitative estimate of drug-likeness (QED) is 0.262. The monoisotopic (exact) mass is 292 g/mol. The lowest BCUT2D eigenvalue weighted by Gasteiger charge is -2.06. The normalized spacial score (nSPS) is 10.3. The number of amides is 1. The van der Waals surface area contributed by atoms with E-state index in [1.807, 2.05) is 5.43 Å². The molecular weight excluding hydrogens is 279 g/mol. The SMILES string of the molecule is NNC(=O)c1ccc(CSc2cc(F)ccc2N)nc1. The Balaban J connectivity index is 2.04. The van der Waals surface area contributed by atoms with Crippen molar-refractivity contribution < 1.29 is 9.18 Å². The number of nitrogens with zero attached hydrogens (tertiary/aromatic N) is 1. The number of pyridine rings is 1. The summed E-state index contributed by atoms with van der Waals surface area (Å²) in [6.45, 7) is 0. The van der Waals surface area contributed by atoms with Crippen LogP contribution in [0.15, 0.2) is 41.4 Å². The second-order valence-electron chi connectivity index (χ2n) is 3.98. The summed E-state index contributed by atoms with van der Waals surface area (Å²) in [7, 11) is 0. The maximum absolute atomic E-state index is 13.1. The second-order valence-corrected chi connectivity index (χ2v) is 5.00. The number of hydrazine groups is 1. The second kappa shape index (κ2) is 6.36.